The first-order chi connectivity index (χ1) is 11.6. The Labute approximate surface area is 149 Å². The SMILES string of the molecule is C=CCn1c(O)c(C=C2C=NN=C2c2ccc(CC)cc2)sc1=S. The molecule has 4 nitrogen and oxygen atoms in total. The van der Waals surface area contributed by atoms with E-state index in [4.69, 9.17) is 12.2 Å². The summed E-state index contributed by atoms with van der Waals surface area (Å²) >= 11 is 6.66. The van der Waals surface area contributed by atoms with Gasteiger partial charge in [0.2, 0.25) is 5.88 Å². The molecule has 2 aromatic rings. The molecule has 1 aromatic heterocycles. The number of aromatic nitrogens is 1. The zero-order valence-corrected chi connectivity index (χ0v) is 14.9. The number of nitrogens with zero attached hydrogens (tertiary/aromatic N) is 3. The lowest BCUT2D eigenvalue weighted by atomic mass is 10.0. The van der Waals surface area contributed by atoms with Gasteiger partial charge in [0.15, 0.2) is 3.95 Å². The highest BCUT2D eigenvalue weighted by Gasteiger charge is 2.16. The first kappa shape index (κ1) is 16.5. The van der Waals surface area contributed by atoms with Gasteiger partial charge < -0.3 is 5.11 Å². The van der Waals surface area contributed by atoms with Crippen LogP contribution in [-0.4, -0.2) is 21.6 Å². The maximum atomic E-state index is 10.4. The van der Waals surface area contributed by atoms with Gasteiger partial charge in [-0.2, -0.15) is 5.10 Å². The van der Waals surface area contributed by atoms with Gasteiger partial charge in [-0.1, -0.05) is 37.3 Å². The number of hydrogen-bond donors (Lipinski definition) is 1. The Hall–Kier alpha value is -2.31. The molecule has 1 aliphatic rings. The fourth-order valence-electron chi connectivity index (χ4n) is 2.44. The molecule has 0 spiro atoms. The molecule has 1 N–H and O–H groups in total. The Bertz CT molecular complexity index is 915. The molecule has 0 amide bonds. The second-order valence-electron chi connectivity index (χ2n) is 5.30. The van der Waals surface area contributed by atoms with E-state index in [1.807, 2.05) is 18.2 Å². The third-order valence-corrected chi connectivity index (χ3v) is 5.14. The van der Waals surface area contributed by atoms with Crippen LogP contribution in [0.2, 0.25) is 0 Å². The summed E-state index contributed by atoms with van der Waals surface area (Å²) in [6.07, 6.45) is 6.28. The van der Waals surface area contributed by atoms with Gasteiger partial charge in [0.05, 0.1) is 11.1 Å². The Kier molecular flexibility index (Phi) is 4.87. The van der Waals surface area contributed by atoms with Gasteiger partial charge in [-0.25, -0.2) is 0 Å². The van der Waals surface area contributed by atoms with Gasteiger partial charge in [0.1, 0.15) is 5.71 Å². The topological polar surface area (TPSA) is 49.9 Å². The summed E-state index contributed by atoms with van der Waals surface area (Å²) in [6, 6.07) is 8.28. The number of aryl methyl sites for hydroxylation is 1. The van der Waals surface area contributed by atoms with Crippen LogP contribution in [0.3, 0.4) is 0 Å². The van der Waals surface area contributed by atoms with Crippen molar-refractivity contribution in [2.45, 2.75) is 19.9 Å². The molecule has 0 bridgehead atoms. The van der Waals surface area contributed by atoms with Crippen LogP contribution in [0.5, 0.6) is 5.88 Å². The minimum Gasteiger partial charge on any atom is -0.493 e. The number of benzene rings is 1. The van der Waals surface area contributed by atoms with Crippen LogP contribution < -0.4 is 0 Å². The van der Waals surface area contributed by atoms with Crippen LogP contribution in [-0.2, 0) is 13.0 Å². The van der Waals surface area contributed by atoms with Crippen molar-refractivity contribution < 1.29 is 5.11 Å². The van der Waals surface area contributed by atoms with Crippen molar-refractivity contribution in [1.29, 1.82) is 0 Å². The van der Waals surface area contributed by atoms with Crippen LogP contribution in [0.25, 0.3) is 6.08 Å². The summed E-state index contributed by atoms with van der Waals surface area (Å²) in [4.78, 5) is 0.697. The summed E-state index contributed by atoms with van der Waals surface area (Å²) in [5.74, 6) is 0.151. The molecule has 1 aromatic carbocycles. The van der Waals surface area contributed by atoms with Crippen LogP contribution in [0.1, 0.15) is 22.9 Å². The molecule has 3 rings (SSSR count). The average Bonchev–Trinajstić information content (AvgIpc) is 3.16. The van der Waals surface area contributed by atoms with Crippen LogP contribution in [0.4, 0.5) is 0 Å². The van der Waals surface area contributed by atoms with E-state index in [1.165, 1.54) is 16.9 Å². The number of aromatic hydroxyl groups is 1. The molecule has 2 heterocycles. The second-order valence-corrected chi connectivity index (χ2v) is 6.97. The Balaban J connectivity index is 1.96. The van der Waals surface area contributed by atoms with Gasteiger partial charge in [-0.3, -0.25) is 4.57 Å². The summed E-state index contributed by atoms with van der Waals surface area (Å²) in [6.45, 7) is 6.30. The summed E-state index contributed by atoms with van der Waals surface area (Å²) in [5, 5.41) is 18.6. The van der Waals surface area contributed by atoms with E-state index in [2.05, 4.69) is 35.8 Å². The van der Waals surface area contributed by atoms with Crippen molar-refractivity contribution >= 4 is 41.6 Å². The summed E-state index contributed by atoms with van der Waals surface area (Å²) in [7, 11) is 0. The van der Waals surface area contributed by atoms with E-state index in [-0.39, 0.29) is 5.88 Å². The third kappa shape index (κ3) is 3.16. The molecule has 0 fully saturated rings. The zero-order valence-electron chi connectivity index (χ0n) is 13.3. The fourth-order valence-corrected chi connectivity index (χ4v) is 3.71. The first-order valence-electron chi connectivity index (χ1n) is 7.60. The maximum Gasteiger partial charge on any atom is 0.210 e. The first-order valence-corrected chi connectivity index (χ1v) is 8.82. The molecule has 0 saturated carbocycles. The number of rotatable bonds is 5. The van der Waals surface area contributed by atoms with E-state index >= 15 is 0 Å². The predicted molar refractivity (Wildman–Crippen MR) is 104 cm³/mol. The van der Waals surface area contributed by atoms with E-state index in [1.54, 1.807) is 16.9 Å². The molecule has 0 radical (unpaired) electrons. The van der Waals surface area contributed by atoms with Crippen molar-refractivity contribution in [2.75, 3.05) is 0 Å². The van der Waals surface area contributed by atoms with E-state index in [9.17, 15) is 5.11 Å². The van der Waals surface area contributed by atoms with Crippen molar-refractivity contribution in [2.24, 2.45) is 10.2 Å². The molecule has 6 heteroatoms. The van der Waals surface area contributed by atoms with Crippen molar-refractivity contribution in [3.8, 4) is 5.88 Å². The Morgan fingerprint density at radius 2 is 2.08 bits per heavy atom. The van der Waals surface area contributed by atoms with Crippen LogP contribution in [0, 0.1) is 3.95 Å². The monoisotopic (exact) mass is 355 g/mol. The maximum absolute atomic E-state index is 10.4. The second kappa shape index (κ2) is 7.07. The van der Waals surface area contributed by atoms with Gasteiger partial charge >= 0.3 is 0 Å². The highest BCUT2D eigenvalue weighted by molar-refractivity contribution is 7.73. The summed E-state index contributed by atoms with van der Waals surface area (Å²) < 4.78 is 2.26. The van der Waals surface area contributed by atoms with E-state index < -0.39 is 0 Å². The smallest absolute Gasteiger partial charge is 0.210 e. The van der Waals surface area contributed by atoms with Gasteiger partial charge in [0, 0.05) is 17.7 Å². The average molecular weight is 355 g/mol. The van der Waals surface area contributed by atoms with Gasteiger partial charge in [0.25, 0.3) is 0 Å². The van der Waals surface area contributed by atoms with Gasteiger partial charge in [-0.15, -0.1) is 23.0 Å². The molecule has 122 valence electrons. The predicted octanol–water partition coefficient (Wildman–Crippen LogP) is 4.61. The molecule has 0 saturated heterocycles. The summed E-state index contributed by atoms with van der Waals surface area (Å²) in [5.41, 5.74) is 3.94. The fraction of sp³-hybridized carbons (Fsp3) is 0.167. The number of thiazole rings is 1. The molecular weight excluding hydrogens is 338 g/mol. The molecule has 24 heavy (non-hydrogen) atoms. The lowest BCUT2D eigenvalue weighted by Crippen LogP contribution is -2.02. The minimum absolute atomic E-state index is 0.151. The normalized spacial score (nSPS) is 15.0. The van der Waals surface area contributed by atoms with Crippen LogP contribution >= 0.6 is 23.6 Å². The standard InChI is InChI=1S/C18H17N3OS2/c1-3-9-21-17(22)15(24-18(21)23)10-14-11-19-20-16(14)13-7-5-12(4-2)6-8-13/h3,5-8,10-11,22H,1,4,9H2,2H3. The highest BCUT2D eigenvalue weighted by atomic mass is 32.1. The minimum atomic E-state index is 0.151. The number of hydrogen-bond acceptors (Lipinski definition) is 5. The molecule has 0 aliphatic carbocycles. The highest BCUT2D eigenvalue weighted by Crippen LogP contribution is 2.29. The molecule has 0 atom stereocenters. The molecule has 0 unspecified atom stereocenters. The molecule has 1 aliphatic heterocycles. The van der Waals surface area contributed by atoms with E-state index in [0.717, 1.165) is 23.3 Å². The zero-order chi connectivity index (χ0) is 17.1. The van der Waals surface area contributed by atoms with Crippen molar-refractivity contribution in [1.82, 2.24) is 4.57 Å². The van der Waals surface area contributed by atoms with Crippen LogP contribution in [0.15, 0.2) is 52.7 Å². The van der Waals surface area contributed by atoms with E-state index in [0.29, 0.717) is 15.4 Å². The largest absolute Gasteiger partial charge is 0.493 e. The lowest BCUT2D eigenvalue weighted by molar-refractivity contribution is 0.424. The van der Waals surface area contributed by atoms with Crippen molar-refractivity contribution in [3.63, 3.8) is 0 Å². The van der Waals surface area contributed by atoms with Gasteiger partial charge in [-0.05, 0) is 30.3 Å². The Morgan fingerprint density at radius 3 is 2.75 bits per heavy atom. The Morgan fingerprint density at radius 1 is 1.33 bits per heavy atom. The lowest BCUT2D eigenvalue weighted by Gasteiger charge is -2.04. The third-order valence-electron chi connectivity index (χ3n) is 3.76. The molecular formula is C18H17N3OS2. The quantitative estimate of drug-likeness (QED) is 0.629. The number of allylic oxidation sites excluding steroid dienone is 2. The van der Waals surface area contributed by atoms with Crippen molar-refractivity contribution in [3.05, 3.63) is 62.5 Å².